The molecule has 70 valence electrons. The average Bonchev–Trinajstić information content (AvgIpc) is 2.51. The fourth-order valence-corrected chi connectivity index (χ4v) is 3.49. The largest absolute Gasteiger partial charge is 0.151 e. The predicted octanol–water partition coefficient (Wildman–Crippen LogP) is 4.69. The summed E-state index contributed by atoms with van der Waals surface area (Å²) in [4.78, 5) is 0. The maximum Gasteiger partial charge on any atom is 0.0522 e. The van der Waals surface area contributed by atoms with E-state index in [4.69, 9.17) is 11.6 Å². The fourth-order valence-electron chi connectivity index (χ4n) is 1.61. The van der Waals surface area contributed by atoms with Crippen molar-refractivity contribution in [3.8, 4) is 0 Å². The van der Waals surface area contributed by atoms with Crippen LogP contribution in [-0.2, 0) is 0 Å². The summed E-state index contributed by atoms with van der Waals surface area (Å²) >= 11 is 11.4. The van der Waals surface area contributed by atoms with Gasteiger partial charge in [0.25, 0.3) is 0 Å². The molecule has 0 nitrogen and oxygen atoms in total. The first-order chi connectivity index (χ1) is 6.27. The first-order valence-electron chi connectivity index (χ1n) is 4.34. The summed E-state index contributed by atoms with van der Waals surface area (Å²) in [6.07, 6.45) is 5.69. The predicted molar refractivity (Wildman–Crippen MR) is 63.5 cm³/mol. The zero-order valence-corrected chi connectivity index (χ0v) is 10.3. The Hall–Kier alpha value is 0.210. The Morgan fingerprint density at radius 2 is 2.31 bits per heavy atom. The molecule has 1 aliphatic rings. The summed E-state index contributed by atoms with van der Waals surface area (Å²) in [6.45, 7) is 0. The second-order valence-electron chi connectivity index (χ2n) is 3.23. The fraction of sp³-hybridized carbons (Fsp3) is 0.400. The highest BCUT2D eigenvalue weighted by Crippen LogP contribution is 2.35. The van der Waals surface area contributed by atoms with Crippen LogP contribution >= 0.6 is 38.9 Å². The lowest BCUT2D eigenvalue weighted by molar-refractivity contribution is 0.747. The normalized spacial score (nSPS) is 22.9. The Bertz CT molecular complexity index is 329. The Kier molecular flexibility index (Phi) is 3.12. The number of hydrogen-bond acceptors (Lipinski definition) is 1. The van der Waals surface area contributed by atoms with Crippen LogP contribution in [0.15, 0.2) is 21.3 Å². The molecule has 0 saturated carbocycles. The van der Waals surface area contributed by atoms with Gasteiger partial charge in [-0.3, -0.25) is 0 Å². The van der Waals surface area contributed by atoms with Crippen molar-refractivity contribution in [3.05, 3.63) is 26.9 Å². The molecule has 0 amide bonds. The maximum atomic E-state index is 6.09. The maximum absolute atomic E-state index is 6.09. The summed E-state index contributed by atoms with van der Waals surface area (Å²) < 4.78 is 1.20. The van der Waals surface area contributed by atoms with Gasteiger partial charge in [-0.25, -0.2) is 0 Å². The number of hydrogen-bond donors (Lipinski definition) is 0. The molecule has 0 spiro atoms. The molecule has 0 aromatic carbocycles. The van der Waals surface area contributed by atoms with Gasteiger partial charge in [0.05, 0.1) is 5.38 Å². The quantitative estimate of drug-likeness (QED) is 0.654. The van der Waals surface area contributed by atoms with Gasteiger partial charge >= 0.3 is 0 Å². The van der Waals surface area contributed by atoms with Crippen LogP contribution in [-0.4, -0.2) is 5.38 Å². The lowest BCUT2D eigenvalue weighted by atomic mass is 9.95. The molecular formula is C10H10BrClS. The molecule has 1 aromatic rings. The molecule has 1 aromatic heterocycles. The SMILES string of the molecule is ClC1C=C(c2cscc2Br)CCC1. The topological polar surface area (TPSA) is 0 Å². The van der Waals surface area contributed by atoms with Crippen molar-refractivity contribution in [2.75, 3.05) is 0 Å². The molecule has 0 N–H and O–H groups in total. The van der Waals surface area contributed by atoms with E-state index < -0.39 is 0 Å². The van der Waals surface area contributed by atoms with E-state index in [1.807, 2.05) is 0 Å². The van der Waals surface area contributed by atoms with Crippen LogP contribution in [0.2, 0.25) is 0 Å². The van der Waals surface area contributed by atoms with Gasteiger partial charge in [-0.2, -0.15) is 11.3 Å². The van der Waals surface area contributed by atoms with Gasteiger partial charge in [0, 0.05) is 15.4 Å². The summed E-state index contributed by atoms with van der Waals surface area (Å²) in [5.41, 5.74) is 2.73. The zero-order valence-electron chi connectivity index (χ0n) is 7.09. The second kappa shape index (κ2) is 4.16. The van der Waals surface area contributed by atoms with E-state index in [1.165, 1.54) is 28.5 Å². The average molecular weight is 278 g/mol. The van der Waals surface area contributed by atoms with Gasteiger partial charge in [-0.1, -0.05) is 6.08 Å². The Morgan fingerprint density at radius 1 is 1.46 bits per heavy atom. The number of rotatable bonds is 1. The van der Waals surface area contributed by atoms with Crippen molar-refractivity contribution < 1.29 is 0 Å². The standard InChI is InChI=1S/C10H10BrClS/c11-10-6-13-5-9(10)7-2-1-3-8(12)4-7/h4-6,8H,1-3H2. The highest BCUT2D eigenvalue weighted by Gasteiger charge is 2.14. The number of thiophene rings is 1. The van der Waals surface area contributed by atoms with E-state index >= 15 is 0 Å². The van der Waals surface area contributed by atoms with Gasteiger partial charge in [0.15, 0.2) is 0 Å². The molecule has 1 aliphatic carbocycles. The molecule has 3 heteroatoms. The monoisotopic (exact) mass is 276 g/mol. The van der Waals surface area contributed by atoms with Crippen LogP contribution in [0, 0.1) is 0 Å². The Balaban J connectivity index is 2.30. The van der Waals surface area contributed by atoms with Gasteiger partial charge in [-0.05, 0) is 46.1 Å². The molecule has 0 saturated heterocycles. The third-order valence-corrected chi connectivity index (χ3v) is 4.32. The second-order valence-corrected chi connectivity index (χ2v) is 5.39. The van der Waals surface area contributed by atoms with Gasteiger partial charge in [0.1, 0.15) is 0 Å². The molecule has 2 rings (SSSR count). The molecule has 0 aliphatic heterocycles. The summed E-state index contributed by atoms with van der Waals surface area (Å²) in [6, 6.07) is 0. The van der Waals surface area contributed by atoms with Crippen LogP contribution in [0.1, 0.15) is 24.8 Å². The van der Waals surface area contributed by atoms with Gasteiger partial charge in [-0.15, -0.1) is 11.6 Å². The Labute approximate surface area is 95.7 Å². The zero-order chi connectivity index (χ0) is 9.26. The van der Waals surface area contributed by atoms with Crippen LogP contribution < -0.4 is 0 Å². The molecule has 1 unspecified atom stereocenters. The summed E-state index contributed by atoms with van der Waals surface area (Å²) in [5.74, 6) is 0. The lowest BCUT2D eigenvalue weighted by Crippen LogP contribution is -2.02. The van der Waals surface area contributed by atoms with Crippen molar-refractivity contribution in [1.82, 2.24) is 0 Å². The lowest BCUT2D eigenvalue weighted by Gasteiger charge is -2.15. The molecular weight excluding hydrogens is 268 g/mol. The highest BCUT2D eigenvalue weighted by atomic mass is 79.9. The van der Waals surface area contributed by atoms with Gasteiger partial charge < -0.3 is 0 Å². The van der Waals surface area contributed by atoms with Crippen molar-refractivity contribution in [1.29, 1.82) is 0 Å². The van der Waals surface area contributed by atoms with Crippen LogP contribution in [0.3, 0.4) is 0 Å². The van der Waals surface area contributed by atoms with Crippen LogP contribution in [0.25, 0.3) is 5.57 Å². The molecule has 0 fully saturated rings. The summed E-state index contributed by atoms with van der Waals surface area (Å²) in [7, 11) is 0. The van der Waals surface area contributed by atoms with E-state index in [9.17, 15) is 0 Å². The molecule has 1 heterocycles. The third-order valence-electron chi connectivity index (χ3n) is 2.27. The van der Waals surface area contributed by atoms with Crippen molar-refractivity contribution in [2.24, 2.45) is 0 Å². The number of halogens is 2. The smallest absolute Gasteiger partial charge is 0.0522 e. The number of allylic oxidation sites excluding steroid dienone is 2. The van der Waals surface area contributed by atoms with Crippen molar-refractivity contribution >= 4 is 44.4 Å². The third kappa shape index (κ3) is 2.17. The minimum atomic E-state index is 0.232. The Morgan fingerprint density at radius 3 is 2.92 bits per heavy atom. The first kappa shape index (κ1) is 9.75. The molecule has 0 bridgehead atoms. The van der Waals surface area contributed by atoms with E-state index in [1.54, 1.807) is 11.3 Å². The molecule has 1 atom stereocenters. The van der Waals surface area contributed by atoms with E-state index in [0.717, 1.165) is 6.42 Å². The minimum absolute atomic E-state index is 0.232. The molecule has 13 heavy (non-hydrogen) atoms. The van der Waals surface area contributed by atoms with E-state index in [2.05, 4.69) is 32.8 Å². The highest BCUT2D eigenvalue weighted by molar-refractivity contribution is 9.10. The summed E-state index contributed by atoms with van der Waals surface area (Å²) in [5, 5.41) is 4.54. The number of alkyl halides is 1. The van der Waals surface area contributed by atoms with E-state index in [0.29, 0.717) is 0 Å². The van der Waals surface area contributed by atoms with E-state index in [-0.39, 0.29) is 5.38 Å². The van der Waals surface area contributed by atoms with Gasteiger partial charge in [0.2, 0.25) is 0 Å². The van der Waals surface area contributed by atoms with Crippen molar-refractivity contribution in [2.45, 2.75) is 24.6 Å². The minimum Gasteiger partial charge on any atom is -0.151 e. The van der Waals surface area contributed by atoms with Crippen LogP contribution in [0.4, 0.5) is 0 Å². The van der Waals surface area contributed by atoms with Crippen molar-refractivity contribution in [3.63, 3.8) is 0 Å². The molecule has 0 radical (unpaired) electrons. The first-order valence-corrected chi connectivity index (χ1v) is 6.51. The van der Waals surface area contributed by atoms with Crippen LogP contribution in [0.5, 0.6) is 0 Å².